The smallest absolute Gasteiger partial charge is 0.311 e. The molecule has 108 valence electrons. The van der Waals surface area contributed by atoms with Gasteiger partial charge in [-0.2, -0.15) is 4.98 Å². The maximum absolute atomic E-state index is 12.1. The third-order valence-corrected chi connectivity index (χ3v) is 4.44. The van der Waals surface area contributed by atoms with E-state index in [0.717, 1.165) is 11.3 Å². The zero-order valence-electron chi connectivity index (χ0n) is 10.7. The highest BCUT2D eigenvalue weighted by atomic mass is 32.1. The molecule has 0 radical (unpaired) electrons. The average molecular weight is 298 g/mol. The van der Waals surface area contributed by atoms with E-state index in [1.54, 1.807) is 0 Å². The number of H-pyrrole nitrogens is 1. The van der Waals surface area contributed by atoms with E-state index in [4.69, 9.17) is 10.5 Å². The van der Waals surface area contributed by atoms with Crippen LogP contribution in [0.4, 0.5) is 5.95 Å². The number of hydrogen-bond acceptors (Lipinski definition) is 7. The molecule has 2 aromatic heterocycles. The standard InChI is InChI=1S/C11H14N4O4S/c1-4-2-6(19-5(4)3-16)15-8-7(20-11(15)18)9(17)14-10(12)13-8/h4-6,16H,2-3H2,1H3,(H3,12,13,14,17)/t4-,5+,6+/m0/s1. The molecule has 1 saturated heterocycles. The summed E-state index contributed by atoms with van der Waals surface area (Å²) >= 11 is 0.814. The lowest BCUT2D eigenvalue weighted by molar-refractivity contribution is -0.0284. The number of nitrogens with zero attached hydrogens (tertiary/aromatic N) is 2. The number of aromatic nitrogens is 3. The third kappa shape index (κ3) is 1.94. The van der Waals surface area contributed by atoms with Gasteiger partial charge in [-0.1, -0.05) is 18.3 Å². The number of nitrogens with one attached hydrogen (secondary N) is 1. The minimum Gasteiger partial charge on any atom is -0.394 e. The first-order chi connectivity index (χ1) is 9.51. The van der Waals surface area contributed by atoms with Crippen LogP contribution in [-0.4, -0.2) is 32.4 Å². The van der Waals surface area contributed by atoms with Gasteiger partial charge in [0.1, 0.15) is 10.9 Å². The first-order valence-electron chi connectivity index (χ1n) is 6.18. The van der Waals surface area contributed by atoms with Crippen molar-refractivity contribution < 1.29 is 9.84 Å². The third-order valence-electron chi connectivity index (χ3n) is 3.50. The van der Waals surface area contributed by atoms with Crippen molar-refractivity contribution in [1.82, 2.24) is 14.5 Å². The Labute approximate surface area is 116 Å². The Hall–Kier alpha value is -1.71. The number of thiazole rings is 1. The van der Waals surface area contributed by atoms with Gasteiger partial charge < -0.3 is 15.6 Å². The van der Waals surface area contributed by atoms with Gasteiger partial charge in [0.15, 0.2) is 5.65 Å². The summed E-state index contributed by atoms with van der Waals surface area (Å²) in [6.07, 6.45) is -0.274. The van der Waals surface area contributed by atoms with Crippen LogP contribution < -0.4 is 16.2 Å². The number of ether oxygens (including phenoxy) is 1. The number of fused-ring (bicyclic) bond motifs is 1. The van der Waals surface area contributed by atoms with Gasteiger partial charge in [-0.05, 0) is 12.3 Å². The molecule has 20 heavy (non-hydrogen) atoms. The summed E-state index contributed by atoms with van der Waals surface area (Å²) in [5, 5.41) is 9.22. The van der Waals surface area contributed by atoms with Gasteiger partial charge in [-0.15, -0.1) is 0 Å². The van der Waals surface area contributed by atoms with E-state index in [-0.39, 0.29) is 39.8 Å². The predicted octanol–water partition coefficient (Wildman–Crippen LogP) is -0.356. The normalized spacial score (nSPS) is 26.4. The summed E-state index contributed by atoms with van der Waals surface area (Å²) in [4.78, 5) is 29.9. The van der Waals surface area contributed by atoms with Crippen LogP contribution in [0, 0.1) is 5.92 Å². The number of nitrogens with two attached hydrogens (primary N) is 1. The van der Waals surface area contributed by atoms with Crippen LogP contribution in [0.25, 0.3) is 10.3 Å². The minimum absolute atomic E-state index is 0.0428. The van der Waals surface area contributed by atoms with E-state index < -0.39 is 11.8 Å². The molecule has 3 heterocycles. The average Bonchev–Trinajstić information content (AvgIpc) is 2.89. The lowest BCUT2D eigenvalue weighted by Crippen LogP contribution is -2.22. The molecule has 1 aliphatic heterocycles. The second kappa shape index (κ2) is 4.69. The van der Waals surface area contributed by atoms with E-state index >= 15 is 0 Å². The molecule has 2 aromatic rings. The summed E-state index contributed by atoms with van der Waals surface area (Å²) in [6, 6.07) is 0. The molecule has 1 fully saturated rings. The van der Waals surface area contributed by atoms with Crippen molar-refractivity contribution in [2.45, 2.75) is 25.7 Å². The Morgan fingerprint density at radius 2 is 2.35 bits per heavy atom. The highest BCUT2D eigenvalue weighted by Crippen LogP contribution is 2.33. The van der Waals surface area contributed by atoms with Crippen LogP contribution in [-0.2, 0) is 4.74 Å². The number of aliphatic hydroxyl groups excluding tert-OH is 1. The highest BCUT2D eigenvalue weighted by Gasteiger charge is 2.35. The fourth-order valence-corrected chi connectivity index (χ4v) is 3.31. The van der Waals surface area contributed by atoms with Crippen molar-refractivity contribution >= 4 is 27.6 Å². The van der Waals surface area contributed by atoms with Crippen molar-refractivity contribution in [2.24, 2.45) is 5.92 Å². The second-order valence-corrected chi connectivity index (χ2v) is 5.83. The number of rotatable bonds is 2. The maximum Gasteiger partial charge on any atom is 0.311 e. The van der Waals surface area contributed by atoms with Crippen molar-refractivity contribution in [2.75, 3.05) is 12.3 Å². The zero-order chi connectivity index (χ0) is 14.4. The molecule has 0 amide bonds. The minimum atomic E-state index is -0.530. The molecule has 3 rings (SSSR count). The predicted molar refractivity (Wildman–Crippen MR) is 73.7 cm³/mol. The molecule has 8 nitrogen and oxygen atoms in total. The molecular formula is C11H14N4O4S. The van der Waals surface area contributed by atoms with Crippen molar-refractivity contribution in [3.05, 3.63) is 20.0 Å². The van der Waals surface area contributed by atoms with E-state index in [1.807, 2.05) is 6.92 Å². The molecule has 0 bridgehead atoms. The summed E-state index contributed by atoms with van der Waals surface area (Å²) < 4.78 is 7.24. The van der Waals surface area contributed by atoms with Gasteiger partial charge >= 0.3 is 4.87 Å². The van der Waals surface area contributed by atoms with Gasteiger partial charge in [0.25, 0.3) is 5.56 Å². The van der Waals surface area contributed by atoms with Crippen molar-refractivity contribution in [1.29, 1.82) is 0 Å². The monoisotopic (exact) mass is 298 g/mol. The molecule has 9 heteroatoms. The van der Waals surface area contributed by atoms with Gasteiger partial charge in [-0.3, -0.25) is 19.1 Å². The summed E-state index contributed by atoms with van der Waals surface area (Å²) in [6.45, 7) is 1.83. The lowest BCUT2D eigenvalue weighted by Gasteiger charge is -2.13. The van der Waals surface area contributed by atoms with E-state index in [9.17, 15) is 14.7 Å². The summed E-state index contributed by atoms with van der Waals surface area (Å²) in [7, 11) is 0. The molecule has 0 spiro atoms. The number of nitrogen functional groups attached to an aromatic ring is 1. The Morgan fingerprint density at radius 1 is 1.60 bits per heavy atom. The van der Waals surface area contributed by atoms with Crippen LogP contribution in [0.15, 0.2) is 9.59 Å². The van der Waals surface area contributed by atoms with Crippen LogP contribution in [0.5, 0.6) is 0 Å². The van der Waals surface area contributed by atoms with Crippen LogP contribution in [0.2, 0.25) is 0 Å². The topological polar surface area (TPSA) is 123 Å². The number of hydrogen-bond donors (Lipinski definition) is 3. The first-order valence-corrected chi connectivity index (χ1v) is 7.00. The number of aliphatic hydroxyl groups is 1. The lowest BCUT2D eigenvalue weighted by atomic mass is 10.0. The van der Waals surface area contributed by atoms with Crippen LogP contribution in [0.3, 0.4) is 0 Å². The fourth-order valence-electron chi connectivity index (χ4n) is 2.45. The van der Waals surface area contributed by atoms with Gasteiger partial charge in [0.05, 0.1) is 12.7 Å². The van der Waals surface area contributed by atoms with Crippen LogP contribution in [0.1, 0.15) is 19.6 Å². The Bertz CT molecular complexity index is 764. The summed E-state index contributed by atoms with van der Waals surface area (Å²) in [5.74, 6) is 0.0741. The molecular weight excluding hydrogens is 284 g/mol. The van der Waals surface area contributed by atoms with Crippen molar-refractivity contribution in [3.63, 3.8) is 0 Å². The molecule has 3 atom stereocenters. The Balaban J connectivity index is 2.15. The van der Waals surface area contributed by atoms with E-state index in [0.29, 0.717) is 6.42 Å². The number of aromatic amines is 1. The van der Waals surface area contributed by atoms with E-state index in [2.05, 4.69) is 9.97 Å². The van der Waals surface area contributed by atoms with E-state index in [1.165, 1.54) is 4.57 Å². The Kier molecular flexibility index (Phi) is 3.11. The second-order valence-electron chi connectivity index (χ2n) is 4.87. The van der Waals surface area contributed by atoms with Gasteiger partial charge in [0.2, 0.25) is 5.95 Å². The maximum atomic E-state index is 12.1. The van der Waals surface area contributed by atoms with Gasteiger partial charge in [-0.25, -0.2) is 0 Å². The first kappa shape index (κ1) is 13.3. The zero-order valence-corrected chi connectivity index (χ0v) is 11.5. The Morgan fingerprint density at radius 3 is 3.00 bits per heavy atom. The molecule has 0 unspecified atom stereocenters. The quantitative estimate of drug-likeness (QED) is 0.696. The largest absolute Gasteiger partial charge is 0.394 e. The molecule has 1 aliphatic rings. The summed E-state index contributed by atoms with van der Waals surface area (Å²) in [5.41, 5.74) is 5.33. The molecule has 0 aliphatic carbocycles. The van der Waals surface area contributed by atoms with Crippen LogP contribution >= 0.6 is 11.3 Å². The SMILES string of the molecule is C[C@H]1C[C@H](n2c(=O)sc3c(=O)[nH]c(N)nc32)O[C@@H]1CO. The molecule has 0 saturated carbocycles. The number of anilines is 1. The van der Waals surface area contributed by atoms with Gasteiger partial charge in [0, 0.05) is 0 Å². The highest BCUT2D eigenvalue weighted by molar-refractivity contribution is 7.16. The fraction of sp³-hybridized carbons (Fsp3) is 0.545. The van der Waals surface area contributed by atoms with Crippen molar-refractivity contribution in [3.8, 4) is 0 Å². The molecule has 0 aromatic carbocycles. The molecule has 4 N–H and O–H groups in total.